The van der Waals surface area contributed by atoms with Crippen LogP contribution in [-0.2, 0) is 20.5 Å². The van der Waals surface area contributed by atoms with Crippen molar-refractivity contribution in [3.8, 4) is 0 Å². The van der Waals surface area contributed by atoms with E-state index < -0.39 is 10.0 Å². The van der Waals surface area contributed by atoms with Gasteiger partial charge in [0.05, 0.1) is 18.5 Å². The summed E-state index contributed by atoms with van der Waals surface area (Å²) in [5.41, 5.74) is 6.89. The zero-order valence-corrected chi connectivity index (χ0v) is 13.1. The first-order valence-electron chi connectivity index (χ1n) is 7.49. The Kier molecular flexibility index (Phi) is 6.02. The predicted molar refractivity (Wildman–Crippen MR) is 84.3 cm³/mol. The van der Waals surface area contributed by atoms with Gasteiger partial charge in [0.2, 0.25) is 10.0 Å². The van der Waals surface area contributed by atoms with Crippen molar-refractivity contribution in [2.75, 3.05) is 18.9 Å². The van der Waals surface area contributed by atoms with Gasteiger partial charge in [0.25, 0.3) is 0 Å². The Morgan fingerprint density at radius 3 is 2.62 bits per heavy atom. The van der Waals surface area contributed by atoms with Gasteiger partial charge in [0.15, 0.2) is 0 Å². The maximum Gasteiger partial charge on any atom is 0.215 e. The molecule has 3 N–H and O–H groups in total. The zero-order chi connectivity index (χ0) is 15.1. The summed E-state index contributed by atoms with van der Waals surface area (Å²) in [6, 6.07) is 7.01. The molecule has 0 aromatic heterocycles. The van der Waals surface area contributed by atoms with Gasteiger partial charge in [-0.1, -0.05) is 37.5 Å². The Bertz CT molecular complexity index is 540. The van der Waals surface area contributed by atoms with Crippen molar-refractivity contribution >= 4 is 15.7 Å². The van der Waals surface area contributed by atoms with Crippen LogP contribution < -0.4 is 10.5 Å². The first-order valence-corrected chi connectivity index (χ1v) is 9.14. The summed E-state index contributed by atoms with van der Waals surface area (Å²) in [5.74, 6) is -0.0941. The van der Waals surface area contributed by atoms with E-state index in [1.165, 1.54) is 19.3 Å². The van der Waals surface area contributed by atoms with Crippen LogP contribution >= 0.6 is 0 Å². The topological polar surface area (TPSA) is 81.4 Å². The van der Waals surface area contributed by atoms with Gasteiger partial charge in [-0.05, 0) is 24.5 Å². The van der Waals surface area contributed by atoms with Crippen molar-refractivity contribution in [1.82, 2.24) is 4.72 Å². The van der Waals surface area contributed by atoms with Gasteiger partial charge in [-0.15, -0.1) is 0 Å². The number of nitrogens with one attached hydrogen (secondary N) is 1. The molecule has 6 heteroatoms. The van der Waals surface area contributed by atoms with E-state index in [0.717, 1.165) is 12.8 Å². The molecule has 5 nitrogen and oxygen atoms in total. The molecule has 1 aromatic rings. The quantitative estimate of drug-likeness (QED) is 0.596. The van der Waals surface area contributed by atoms with E-state index in [1.807, 2.05) is 0 Å². The van der Waals surface area contributed by atoms with Crippen molar-refractivity contribution in [2.24, 2.45) is 0 Å². The molecule has 1 fully saturated rings. The van der Waals surface area contributed by atoms with Gasteiger partial charge in [0.1, 0.15) is 0 Å². The van der Waals surface area contributed by atoms with Crippen molar-refractivity contribution in [3.05, 3.63) is 29.8 Å². The number of benzene rings is 1. The molecule has 0 aliphatic heterocycles. The fraction of sp³-hybridized carbons (Fsp3) is 0.600. The molecule has 1 aromatic carbocycles. The number of para-hydroxylation sites is 1. The molecule has 0 bridgehead atoms. The molecular formula is C15H24N2O3S. The van der Waals surface area contributed by atoms with Crippen LogP contribution in [0.5, 0.6) is 0 Å². The van der Waals surface area contributed by atoms with Crippen molar-refractivity contribution in [1.29, 1.82) is 0 Å². The number of hydrogen-bond donors (Lipinski definition) is 2. The molecular weight excluding hydrogens is 288 g/mol. The second-order valence-corrected chi connectivity index (χ2v) is 7.29. The molecule has 1 aliphatic carbocycles. The fourth-order valence-corrected chi connectivity index (χ4v) is 3.74. The Morgan fingerprint density at radius 1 is 1.19 bits per heavy atom. The van der Waals surface area contributed by atoms with Crippen molar-refractivity contribution < 1.29 is 13.2 Å². The molecule has 118 valence electrons. The maximum absolute atomic E-state index is 12.0. The largest absolute Gasteiger partial charge is 0.398 e. The van der Waals surface area contributed by atoms with Crippen LogP contribution in [0.1, 0.15) is 37.7 Å². The molecule has 0 unspecified atom stereocenters. The first-order chi connectivity index (χ1) is 10.1. The number of nitrogen functional groups attached to an aromatic ring is 1. The average molecular weight is 312 g/mol. The van der Waals surface area contributed by atoms with E-state index in [1.54, 1.807) is 24.3 Å². The normalized spacial score (nSPS) is 17.0. The zero-order valence-electron chi connectivity index (χ0n) is 12.3. The average Bonchev–Trinajstić information content (AvgIpc) is 2.47. The van der Waals surface area contributed by atoms with Gasteiger partial charge < -0.3 is 10.5 Å². The summed E-state index contributed by atoms with van der Waals surface area (Å²) in [6.45, 7) is 0.736. The fourth-order valence-electron chi connectivity index (χ4n) is 2.58. The minimum absolute atomic E-state index is 0.0941. The summed E-state index contributed by atoms with van der Waals surface area (Å²) >= 11 is 0. The summed E-state index contributed by atoms with van der Waals surface area (Å²) in [5, 5.41) is 0. The highest BCUT2D eigenvalue weighted by Gasteiger charge is 2.15. The Labute approximate surface area is 126 Å². The SMILES string of the molecule is Nc1ccccc1CS(=O)(=O)NCCOC1CCCCC1. The number of nitrogens with two attached hydrogens (primary N) is 1. The molecule has 21 heavy (non-hydrogen) atoms. The number of hydrogen-bond acceptors (Lipinski definition) is 4. The van der Waals surface area contributed by atoms with Crippen molar-refractivity contribution in [2.45, 2.75) is 44.0 Å². The van der Waals surface area contributed by atoms with E-state index in [2.05, 4.69) is 4.72 Å². The van der Waals surface area contributed by atoms with Crippen LogP contribution in [0.4, 0.5) is 5.69 Å². The van der Waals surface area contributed by atoms with E-state index in [-0.39, 0.29) is 5.75 Å². The third kappa shape index (κ3) is 5.65. The monoisotopic (exact) mass is 312 g/mol. The Morgan fingerprint density at radius 2 is 1.90 bits per heavy atom. The number of sulfonamides is 1. The van der Waals surface area contributed by atoms with Gasteiger partial charge in [-0.25, -0.2) is 13.1 Å². The number of ether oxygens (including phenoxy) is 1. The number of rotatable bonds is 7. The minimum Gasteiger partial charge on any atom is -0.398 e. The lowest BCUT2D eigenvalue weighted by Gasteiger charge is -2.22. The molecule has 0 saturated heterocycles. The van der Waals surface area contributed by atoms with Crippen LogP contribution in [0.3, 0.4) is 0 Å². The van der Waals surface area contributed by atoms with Crippen LogP contribution in [0.2, 0.25) is 0 Å². The van der Waals surface area contributed by atoms with Gasteiger partial charge in [-0.2, -0.15) is 0 Å². The van der Waals surface area contributed by atoms with Crippen LogP contribution in [0.15, 0.2) is 24.3 Å². The second-order valence-electron chi connectivity index (χ2n) is 5.48. The summed E-state index contributed by atoms with van der Waals surface area (Å²) in [6.07, 6.45) is 6.19. The summed E-state index contributed by atoms with van der Waals surface area (Å²) < 4.78 is 32.2. The lowest BCUT2D eigenvalue weighted by molar-refractivity contribution is 0.0321. The molecule has 0 amide bonds. The number of anilines is 1. The third-order valence-electron chi connectivity index (χ3n) is 3.73. The molecule has 1 saturated carbocycles. The lowest BCUT2D eigenvalue weighted by Crippen LogP contribution is -2.30. The highest BCUT2D eigenvalue weighted by molar-refractivity contribution is 7.88. The van der Waals surface area contributed by atoms with E-state index in [0.29, 0.717) is 30.5 Å². The van der Waals surface area contributed by atoms with Crippen LogP contribution in [-0.4, -0.2) is 27.7 Å². The van der Waals surface area contributed by atoms with Gasteiger partial charge >= 0.3 is 0 Å². The Hall–Kier alpha value is -1.11. The molecule has 1 aliphatic rings. The molecule has 0 atom stereocenters. The predicted octanol–water partition coefficient (Wildman–Crippen LogP) is 2.04. The van der Waals surface area contributed by atoms with Gasteiger partial charge in [-0.3, -0.25) is 0 Å². The second kappa shape index (κ2) is 7.77. The van der Waals surface area contributed by atoms with E-state index in [9.17, 15) is 8.42 Å². The molecule has 0 heterocycles. The smallest absolute Gasteiger partial charge is 0.215 e. The highest BCUT2D eigenvalue weighted by atomic mass is 32.2. The van der Waals surface area contributed by atoms with E-state index >= 15 is 0 Å². The van der Waals surface area contributed by atoms with Crippen LogP contribution in [0.25, 0.3) is 0 Å². The summed E-state index contributed by atoms with van der Waals surface area (Å²) in [7, 11) is -3.37. The standard InChI is InChI=1S/C15H24N2O3S/c16-15-9-5-4-6-13(15)12-21(18,19)17-10-11-20-14-7-2-1-3-8-14/h4-6,9,14,17H,1-3,7-8,10-12,16H2. The molecule has 0 radical (unpaired) electrons. The van der Waals surface area contributed by atoms with E-state index in [4.69, 9.17) is 10.5 Å². The maximum atomic E-state index is 12.0. The first kappa shape index (κ1) is 16.3. The lowest BCUT2D eigenvalue weighted by atomic mass is 9.98. The molecule has 2 rings (SSSR count). The molecule has 0 spiro atoms. The summed E-state index contributed by atoms with van der Waals surface area (Å²) in [4.78, 5) is 0. The highest BCUT2D eigenvalue weighted by Crippen LogP contribution is 2.20. The minimum atomic E-state index is -3.37. The van der Waals surface area contributed by atoms with Crippen LogP contribution in [0, 0.1) is 0 Å². The van der Waals surface area contributed by atoms with Gasteiger partial charge in [0, 0.05) is 12.2 Å². The Balaban J connectivity index is 1.72. The van der Waals surface area contributed by atoms with Crippen molar-refractivity contribution in [3.63, 3.8) is 0 Å². The third-order valence-corrected chi connectivity index (χ3v) is 5.07.